The maximum absolute atomic E-state index is 13.8. The molecule has 0 aromatic heterocycles. The molecule has 1 saturated heterocycles. The van der Waals surface area contributed by atoms with E-state index in [0.29, 0.717) is 25.3 Å². The first kappa shape index (κ1) is 25.7. The lowest BCUT2D eigenvalue weighted by Gasteiger charge is -2.39. The van der Waals surface area contributed by atoms with Crippen LogP contribution in [0.1, 0.15) is 74.6 Å². The Kier molecular flexibility index (Phi) is 8.08. The summed E-state index contributed by atoms with van der Waals surface area (Å²) in [6, 6.07) is 12.0. The van der Waals surface area contributed by atoms with Crippen molar-refractivity contribution in [2.75, 3.05) is 19.7 Å². The monoisotopic (exact) mass is 508 g/mol. The molecule has 2 aromatic rings. The van der Waals surface area contributed by atoms with Gasteiger partial charge in [-0.2, -0.15) is 0 Å². The molecule has 2 amide bonds. The third kappa shape index (κ3) is 5.82. The summed E-state index contributed by atoms with van der Waals surface area (Å²) in [5, 5.41) is 2.97. The van der Waals surface area contributed by atoms with Gasteiger partial charge in [0.05, 0.1) is 12.1 Å². The molecule has 0 radical (unpaired) electrons. The van der Waals surface area contributed by atoms with Crippen LogP contribution in [0.25, 0.3) is 0 Å². The number of halogens is 1. The summed E-state index contributed by atoms with van der Waals surface area (Å²) in [6.07, 6.45) is 6.77. The molecular formula is C30H37FN2O4. The Hall–Kier alpha value is -2.93. The predicted molar refractivity (Wildman–Crippen MR) is 139 cm³/mol. The van der Waals surface area contributed by atoms with Gasteiger partial charge >= 0.3 is 0 Å². The molecular weight excluding hydrogens is 471 g/mol. The fraction of sp³-hybridized carbons (Fsp3) is 0.533. The molecule has 2 fully saturated rings. The van der Waals surface area contributed by atoms with Gasteiger partial charge in [0.2, 0.25) is 5.91 Å². The fourth-order valence-corrected chi connectivity index (χ4v) is 5.94. The third-order valence-corrected chi connectivity index (χ3v) is 7.99. The van der Waals surface area contributed by atoms with Crippen molar-refractivity contribution in [1.82, 2.24) is 10.2 Å². The minimum Gasteiger partial charge on any atom is -0.481 e. The van der Waals surface area contributed by atoms with Gasteiger partial charge in [0.25, 0.3) is 5.91 Å². The largest absolute Gasteiger partial charge is 0.481 e. The van der Waals surface area contributed by atoms with Gasteiger partial charge in [-0.15, -0.1) is 0 Å². The molecule has 3 aliphatic rings. The van der Waals surface area contributed by atoms with E-state index >= 15 is 0 Å². The molecule has 1 N–H and O–H groups in total. The molecule has 1 saturated carbocycles. The molecule has 2 aromatic carbocycles. The summed E-state index contributed by atoms with van der Waals surface area (Å²) in [7, 11) is 0. The third-order valence-electron chi connectivity index (χ3n) is 7.99. The average Bonchev–Trinajstić information content (AvgIpc) is 3.65. The number of ether oxygens (including phenoxy) is 2. The second kappa shape index (κ2) is 11.6. The van der Waals surface area contributed by atoms with E-state index < -0.39 is 6.10 Å². The van der Waals surface area contributed by atoms with Gasteiger partial charge in [0, 0.05) is 25.6 Å². The Bertz CT molecular complexity index is 1090. The number of rotatable bonds is 8. The van der Waals surface area contributed by atoms with E-state index in [1.807, 2.05) is 30.0 Å². The van der Waals surface area contributed by atoms with Crippen molar-refractivity contribution in [2.24, 2.45) is 5.92 Å². The van der Waals surface area contributed by atoms with Crippen LogP contribution in [-0.4, -0.2) is 48.6 Å². The number of amides is 2. The van der Waals surface area contributed by atoms with Crippen LogP contribution in [0.15, 0.2) is 42.5 Å². The van der Waals surface area contributed by atoms with E-state index in [0.717, 1.165) is 68.2 Å². The molecule has 7 heteroatoms. The van der Waals surface area contributed by atoms with Gasteiger partial charge in [-0.3, -0.25) is 9.59 Å². The standard InChI is InChI=1S/C30H37FN2O4/c1-2-27(29(34)32-19-25-8-5-17-36-25)37-24-14-11-20-15-16-33(30(35)22-6-3-4-7-22)28(26(20)18-24)21-9-12-23(31)13-10-21/h9-14,18,22,25,27-28H,2-8,15-17,19H2,1H3,(H,32,34)/t25-,27-,28+/m0/s1. The van der Waals surface area contributed by atoms with Gasteiger partial charge in [0.1, 0.15) is 11.6 Å². The van der Waals surface area contributed by atoms with E-state index in [1.165, 1.54) is 12.1 Å². The lowest BCUT2D eigenvalue weighted by Crippen LogP contribution is -2.43. The minimum atomic E-state index is -0.622. The molecule has 3 atom stereocenters. The van der Waals surface area contributed by atoms with E-state index in [9.17, 15) is 14.0 Å². The van der Waals surface area contributed by atoms with Crippen molar-refractivity contribution < 1.29 is 23.5 Å². The molecule has 37 heavy (non-hydrogen) atoms. The second-order valence-electron chi connectivity index (χ2n) is 10.5. The Morgan fingerprint density at radius 2 is 1.89 bits per heavy atom. The zero-order valence-corrected chi connectivity index (χ0v) is 21.6. The zero-order chi connectivity index (χ0) is 25.8. The van der Waals surface area contributed by atoms with E-state index in [2.05, 4.69) is 5.32 Å². The molecule has 2 aliphatic heterocycles. The minimum absolute atomic E-state index is 0.0564. The Balaban J connectivity index is 1.39. The highest BCUT2D eigenvalue weighted by molar-refractivity contribution is 5.81. The zero-order valence-electron chi connectivity index (χ0n) is 21.6. The maximum Gasteiger partial charge on any atom is 0.261 e. The topological polar surface area (TPSA) is 67.9 Å². The number of fused-ring (bicyclic) bond motifs is 1. The second-order valence-corrected chi connectivity index (χ2v) is 10.5. The number of hydrogen-bond acceptors (Lipinski definition) is 4. The highest BCUT2D eigenvalue weighted by Crippen LogP contribution is 2.40. The van der Waals surface area contributed by atoms with E-state index in [-0.39, 0.29) is 35.7 Å². The van der Waals surface area contributed by atoms with Crippen LogP contribution in [0.3, 0.4) is 0 Å². The predicted octanol–water partition coefficient (Wildman–Crippen LogP) is 4.94. The molecule has 198 valence electrons. The average molecular weight is 509 g/mol. The van der Waals surface area contributed by atoms with Crippen LogP contribution in [-0.2, 0) is 20.7 Å². The van der Waals surface area contributed by atoms with Gasteiger partial charge in [-0.05, 0) is 79.5 Å². The number of nitrogens with one attached hydrogen (secondary N) is 1. The number of benzene rings is 2. The van der Waals surface area contributed by atoms with Gasteiger partial charge in [0.15, 0.2) is 6.10 Å². The SMILES string of the molecule is CC[C@H](Oc1ccc2c(c1)[C@@H](c1ccc(F)cc1)N(C(=O)C1CCCC1)CC2)C(=O)NC[C@@H]1CCCO1. The highest BCUT2D eigenvalue weighted by Gasteiger charge is 2.36. The summed E-state index contributed by atoms with van der Waals surface area (Å²) < 4.78 is 25.6. The van der Waals surface area contributed by atoms with Crippen molar-refractivity contribution in [2.45, 2.75) is 76.5 Å². The molecule has 6 nitrogen and oxygen atoms in total. The molecule has 0 unspecified atom stereocenters. The van der Waals surface area contributed by atoms with Crippen molar-refractivity contribution in [3.8, 4) is 5.75 Å². The Morgan fingerprint density at radius 1 is 1.11 bits per heavy atom. The number of hydrogen-bond donors (Lipinski definition) is 1. The van der Waals surface area contributed by atoms with Crippen molar-refractivity contribution >= 4 is 11.8 Å². The summed E-state index contributed by atoms with van der Waals surface area (Å²) in [5.74, 6) is 0.388. The first-order valence-electron chi connectivity index (χ1n) is 13.8. The van der Waals surface area contributed by atoms with Gasteiger partial charge in [-0.25, -0.2) is 4.39 Å². The van der Waals surface area contributed by atoms with E-state index in [1.54, 1.807) is 12.1 Å². The van der Waals surface area contributed by atoms with Crippen LogP contribution in [0.4, 0.5) is 4.39 Å². The van der Waals surface area contributed by atoms with Gasteiger partial charge < -0.3 is 19.7 Å². The molecule has 0 bridgehead atoms. The van der Waals surface area contributed by atoms with Crippen molar-refractivity contribution in [3.63, 3.8) is 0 Å². The van der Waals surface area contributed by atoms with Crippen molar-refractivity contribution in [3.05, 3.63) is 65.0 Å². The maximum atomic E-state index is 13.8. The normalized spacial score (nSPS) is 22.5. The Labute approximate surface area is 218 Å². The smallest absolute Gasteiger partial charge is 0.261 e. The lowest BCUT2D eigenvalue weighted by molar-refractivity contribution is -0.137. The fourth-order valence-electron chi connectivity index (χ4n) is 5.94. The molecule has 2 heterocycles. The number of carbonyl (C=O) groups excluding carboxylic acids is 2. The van der Waals surface area contributed by atoms with Crippen LogP contribution < -0.4 is 10.1 Å². The van der Waals surface area contributed by atoms with E-state index in [4.69, 9.17) is 9.47 Å². The van der Waals surface area contributed by atoms with Crippen LogP contribution >= 0.6 is 0 Å². The van der Waals surface area contributed by atoms with Crippen molar-refractivity contribution in [1.29, 1.82) is 0 Å². The number of carbonyl (C=O) groups is 2. The molecule has 0 spiro atoms. The van der Waals surface area contributed by atoms with Crippen LogP contribution in [0, 0.1) is 11.7 Å². The quantitative estimate of drug-likeness (QED) is 0.548. The van der Waals surface area contributed by atoms with Crippen LogP contribution in [0.5, 0.6) is 5.75 Å². The molecule has 5 rings (SSSR count). The van der Waals surface area contributed by atoms with Gasteiger partial charge in [-0.1, -0.05) is 38.0 Å². The molecule has 1 aliphatic carbocycles. The highest BCUT2D eigenvalue weighted by atomic mass is 19.1. The summed E-state index contributed by atoms with van der Waals surface area (Å²) >= 11 is 0. The lowest BCUT2D eigenvalue weighted by atomic mass is 9.87. The van der Waals surface area contributed by atoms with Crippen LogP contribution in [0.2, 0.25) is 0 Å². The summed E-state index contributed by atoms with van der Waals surface area (Å²) in [5.41, 5.74) is 3.01. The first-order chi connectivity index (χ1) is 18.0. The number of nitrogens with zero attached hydrogens (tertiary/aromatic N) is 1. The first-order valence-corrected chi connectivity index (χ1v) is 13.8. The summed E-state index contributed by atoms with van der Waals surface area (Å²) in [4.78, 5) is 28.4. The summed E-state index contributed by atoms with van der Waals surface area (Å²) in [6.45, 7) is 3.80. The Morgan fingerprint density at radius 3 is 2.59 bits per heavy atom.